The summed E-state index contributed by atoms with van der Waals surface area (Å²) in [5.41, 5.74) is 9.10. The Hall–Kier alpha value is -0.820. The molecule has 0 aliphatic rings. The molecule has 1 aromatic carbocycles. The van der Waals surface area contributed by atoms with Gasteiger partial charge in [-0.3, -0.25) is 0 Å². The van der Waals surface area contributed by atoms with Gasteiger partial charge in [0.2, 0.25) is 0 Å². The highest BCUT2D eigenvalue weighted by molar-refractivity contribution is 5.26. The van der Waals surface area contributed by atoms with Crippen molar-refractivity contribution >= 4 is 0 Å². The fourth-order valence-electron chi connectivity index (χ4n) is 2.91. The van der Waals surface area contributed by atoms with E-state index >= 15 is 0 Å². The molecule has 0 amide bonds. The van der Waals surface area contributed by atoms with E-state index in [0.29, 0.717) is 5.92 Å². The van der Waals surface area contributed by atoms with E-state index in [4.69, 9.17) is 5.73 Å². The van der Waals surface area contributed by atoms with Crippen LogP contribution in [0.25, 0.3) is 0 Å². The molecular formula is C20H35N. The van der Waals surface area contributed by atoms with Gasteiger partial charge in [0.05, 0.1) is 0 Å². The first kappa shape index (κ1) is 18.2. The lowest BCUT2D eigenvalue weighted by atomic mass is 9.96. The Labute approximate surface area is 132 Å². The molecule has 1 nitrogen and oxygen atoms in total. The zero-order valence-electron chi connectivity index (χ0n) is 14.4. The minimum Gasteiger partial charge on any atom is -0.324 e. The molecule has 1 heteroatoms. The normalized spacial score (nSPS) is 12.8. The molecule has 1 rings (SSSR count). The highest BCUT2D eigenvalue weighted by Crippen LogP contribution is 2.20. The third-order valence-corrected chi connectivity index (χ3v) is 4.14. The van der Waals surface area contributed by atoms with E-state index in [9.17, 15) is 0 Å². The van der Waals surface area contributed by atoms with Crippen LogP contribution < -0.4 is 5.73 Å². The van der Waals surface area contributed by atoms with Crippen molar-refractivity contribution < 1.29 is 0 Å². The minimum absolute atomic E-state index is 0.216. The van der Waals surface area contributed by atoms with Crippen LogP contribution in [-0.2, 0) is 6.42 Å². The highest BCUT2D eigenvalue weighted by atomic mass is 14.6. The summed E-state index contributed by atoms with van der Waals surface area (Å²) in [4.78, 5) is 0. The molecule has 1 atom stereocenters. The summed E-state index contributed by atoms with van der Waals surface area (Å²) >= 11 is 0. The van der Waals surface area contributed by atoms with Crippen LogP contribution in [0.5, 0.6) is 0 Å². The van der Waals surface area contributed by atoms with E-state index in [1.165, 1.54) is 56.1 Å². The summed E-state index contributed by atoms with van der Waals surface area (Å²) in [5, 5.41) is 0. The molecule has 0 aromatic heterocycles. The molecular weight excluding hydrogens is 254 g/mol. The maximum Gasteiger partial charge on any atom is 0.0294 e. The monoisotopic (exact) mass is 289 g/mol. The maximum atomic E-state index is 6.36. The van der Waals surface area contributed by atoms with Crippen LogP contribution in [0.15, 0.2) is 24.3 Å². The molecule has 1 unspecified atom stereocenters. The number of hydrogen-bond acceptors (Lipinski definition) is 1. The molecule has 120 valence electrons. The van der Waals surface area contributed by atoms with Gasteiger partial charge >= 0.3 is 0 Å². The Bertz CT molecular complexity index is 370. The standard InChI is InChI=1S/C20H35N/c1-4-5-6-7-8-9-10-14-20(21)19-13-11-12-18(16-19)15-17(2)3/h11-13,16-17,20H,4-10,14-15,21H2,1-3H3. The molecule has 0 spiro atoms. The average Bonchev–Trinajstić information content (AvgIpc) is 2.45. The Kier molecular flexibility index (Phi) is 9.41. The van der Waals surface area contributed by atoms with Crippen LogP contribution in [0.4, 0.5) is 0 Å². The predicted molar refractivity (Wildman–Crippen MR) is 94.5 cm³/mol. The molecule has 0 fully saturated rings. The zero-order chi connectivity index (χ0) is 15.5. The summed E-state index contributed by atoms with van der Waals surface area (Å²) < 4.78 is 0. The van der Waals surface area contributed by atoms with Crippen molar-refractivity contribution in [1.82, 2.24) is 0 Å². The van der Waals surface area contributed by atoms with E-state index in [2.05, 4.69) is 45.0 Å². The summed E-state index contributed by atoms with van der Waals surface area (Å²) in [6.07, 6.45) is 11.8. The molecule has 0 saturated carbocycles. The van der Waals surface area contributed by atoms with Crippen molar-refractivity contribution in [2.24, 2.45) is 11.7 Å². The number of hydrogen-bond donors (Lipinski definition) is 1. The number of benzene rings is 1. The van der Waals surface area contributed by atoms with Gasteiger partial charge in [-0.25, -0.2) is 0 Å². The third kappa shape index (κ3) is 8.26. The Morgan fingerprint density at radius 2 is 1.62 bits per heavy atom. The maximum absolute atomic E-state index is 6.36. The number of nitrogens with two attached hydrogens (primary N) is 1. The van der Waals surface area contributed by atoms with Gasteiger partial charge < -0.3 is 5.73 Å². The molecule has 0 saturated heterocycles. The summed E-state index contributed by atoms with van der Waals surface area (Å²) in [6, 6.07) is 9.11. The SMILES string of the molecule is CCCCCCCCCC(N)c1cccc(CC(C)C)c1. The van der Waals surface area contributed by atoms with Gasteiger partial charge in [0.25, 0.3) is 0 Å². The van der Waals surface area contributed by atoms with E-state index in [1.54, 1.807) is 0 Å². The first-order chi connectivity index (χ1) is 10.1. The second kappa shape index (κ2) is 10.8. The molecule has 0 bridgehead atoms. The van der Waals surface area contributed by atoms with Gasteiger partial charge in [-0.05, 0) is 29.9 Å². The second-order valence-electron chi connectivity index (χ2n) is 6.86. The van der Waals surface area contributed by atoms with Gasteiger partial charge in [-0.1, -0.05) is 90.0 Å². The third-order valence-electron chi connectivity index (χ3n) is 4.14. The lowest BCUT2D eigenvalue weighted by Crippen LogP contribution is -2.10. The predicted octanol–water partition coefficient (Wildman–Crippen LogP) is 6.03. The zero-order valence-corrected chi connectivity index (χ0v) is 14.4. The van der Waals surface area contributed by atoms with Gasteiger partial charge in [0.1, 0.15) is 0 Å². The van der Waals surface area contributed by atoms with Crippen molar-refractivity contribution in [2.45, 2.75) is 84.6 Å². The van der Waals surface area contributed by atoms with Crippen LogP contribution in [0.1, 0.15) is 89.3 Å². The van der Waals surface area contributed by atoms with E-state index in [0.717, 1.165) is 12.8 Å². The Morgan fingerprint density at radius 1 is 0.952 bits per heavy atom. The van der Waals surface area contributed by atoms with Gasteiger partial charge in [0.15, 0.2) is 0 Å². The summed E-state index contributed by atoms with van der Waals surface area (Å²) in [7, 11) is 0. The first-order valence-corrected chi connectivity index (χ1v) is 8.98. The van der Waals surface area contributed by atoms with Crippen LogP contribution in [0, 0.1) is 5.92 Å². The van der Waals surface area contributed by atoms with Crippen molar-refractivity contribution in [2.75, 3.05) is 0 Å². The van der Waals surface area contributed by atoms with E-state index in [-0.39, 0.29) is 6.04 Å². The quantitative estimate of drug-likeness (QED) is 0.495. The van der Waals surface area contributed by atoms with Crippen molar-refractivity contribution in [3.63, 3.8) is 0 Å². The topological polar surface area (TPSA) is 26.0 Å². The van der Waals surface area contributed by atoms with Crippen molar-refractivity contribution in [1.29, 1.82) is 0 Å². The first-order valence-electron chi connectivity index (χ1n) is 8.98. The lowest BCUT2D eigenvalue weighted by Gasteiger charge is -2.14. The van der Waals surface area contributed by atoms with Gasteiger partial charge in [0, 0.05) is 6.04 Å². The van der Waals surface area contributed by atoms with Gasteiger partial charge in [-0.15, -0.1) is 0 Å². The second-order valence-corrected chi connectivity index (χ2v) is 6.86. The fourth-order valence-corrected chi connectivity index (χ4v) is 2.91. The molecule has 0 aliphatic carbocycles. The molecule has 21 heavy (non-hydrogen) atoms. The van der Waals surface area contributed by atoms with Crippen LogP contribution in [-0.4, -0.2) is 0 Å². The highest BCUT2D eigenvalue weighted by Gasteiger charge is 2.07. The lowest BCUT2D eigenvalue weighted by molar-refractivity contribution is 0.540. The number of unbranched alkanes of at least 4 members (excludes halogenated alkanes) is 6. The summed E-state index contributed by atoms with van der Waals surface area (Å²) in [6.45, 7) is 6.81. The van der Waals surface area contributed by atoms with Gasteiger partial charge in [-0.2, -0.15) is 0 Å². The van der Waals surface area contributed by atoms with Crippen LogP contribution in [0.2, 0.25) is 0 Å². The number of rotatable bonds is 11. The minimum atomic E-state index is 0.216. The molecule has 0 radical (unpaired) electrons. The van der Waals surface area contributed by atoms with Crippen molar-refractivity contribution in [3.05, 3.63) is 35.4 Å². The van der Waals surface area contributed by atoms with E-state index in [1.807, 2.05) is 0 Å². The molecule has 1 aromatic rings. The smallest absolute Gasteiger partial charge is 0.0294 e. The average molecular weight is 290 g/mol. The Morgan fingerprint density at radius 3 is 2.29 bits per heavy atom. The fraction of sp³-hybridized carbons (Fsp3) is 0.700. The summed E-state index contributed by atoms with van der Waals surface area (Å²) in [5.74, 6) is 0.708. The molecule has 2 N–H and O–H groups in total. The van der Waals surface area contributed by atoms with Crippen LogP contribution in [0.3, 0.4) is 0 Å². The largest absolute Gasteiger partial charge is 0.324 e. The van der Waals surface area contributed by atoms with E-state index < -0.39 is 0 Å². The van der Waals surface area contributed by atoms with Crippen molar-refractivity contribution in [3.8, 4) is 0 Å². The Balaban J connectivity index is 2.26. The molecule has 0 heterocycles. The molecule has 0 aliphatic heterocycles. The van der Waals surface area contributed by atoms with Crippen LogP contribution >= 0.6 is 0 Å².